The van der Waals surface area contributed by atoms with Gasteiger partial charge in [-0.1, -0.05) is 0 Å². The highest BCUT2D eigenvalue weighted by molar-refractivity contribution is 9.10. The van der Waals surface area contributed by atoms with E-state index < -0.39 is 11.7 Å². The number of aromatic nitrogens is 1. The van der Waals surface area contributed by atoms with Gasteiger partial charge >= 0.3 is 6.09 Å². The van der Waals surface area contributed by atoms with Gasteiger partial charge in [-0.05, 0) is 61.2 Å². The van der Waals surface area contributed by atoms with Gasteiger partial charge in [0.05, 0.1) is 0 Å². The molecule has 1 aromatic rings. The zero-order valence-corrected chi connectivity index (χ0v) is 14.5. The first kappa shape index (κ1) is 16.7. The van der Waals surface area contributed by atoms with Crippen LogP contribution >= 0.6 is 15.9 Å². The second-order valence-electron chi connectivity index (χ2n) is 6.27. The van der Waals surface area contributed by atoms with Gasteiger partial charge in [0, 0.05) is 23.1 Å². The van der Waals surface area contributed by atoms with Gasteiger partial charge in [0.15, 0.2) is 0 Å². The van der Waals surface area contributed by atoms with Crippen LogP contribution in [0.1, 0.15) is 32.8 Å². The Labute approximate surface area is 138 Å². The zero-order chi connectivity index (χ0) is 16.3. The third kappa shape index (κ3) is 4.69. The Kier molecular flexibility index (Phi) is 5.05. The maximum absolute atomic E-state index is 12.0. The largest absolute Gasteiger partial charge is 0.444 e. The third-order valence-electron chi connectivity index (χ3n) is 3.17. The van der Waals surface area contributed by atoms with E-state index in [-0.39, 0.29) is 11.8 Å². The van der Waals surface area contributed by atoms with E-state index in [0.29, 0.717) is 25.2 Å². The Morgan fingerprint density at radius 1 is 1.55 bits per heavy atom. The summed E-state index contributed by atoms with van der Waals surface area (Å²) in [6.07, 6.45) is 2.36. The summed E-state index contributed by atoms with van der Waals surface area (Å²) in [5.74, 6) is 0.372. The monoisotopic (exact) mass is 369 g/mol. The minimum absolute atomic E-state index is 0.0617. The van der Waals surface area contributed by atoms with Crippen LogP contribution in [0.5, 0.6) is 0 Å². The van der Waals surface area contributed by atoms with Crippen LogP contribution in [0.2, 0.25) is 0 Å². The van der Waals surface area contributed by atoms with Gasteiger partial charge in [0.1, 0.15) is 11.4 Å². The van der Waals surface area contributed by atoms with E-state index in [9.17, 15) is 9.59 Å². The van der Waals surface area contributed by atoms with Crippen molar-refractivity contribution in [2.45, 2.75) is 39.2 Å². The average Bonchev–Trinajstić information content (AvgIpc) is 2.37. The number of pyridine rings is 1. The highest BCUT2D eigenvalue weighted by Crippen LogP contribution is 2.27. The topological polar surface area (TPSA) is 80.3 Å². The molecule has 1 aliphatic heterocycles. The third-order valence-corrected chi connectivity index (χ3v) is 3.61. The van der Waals surface area contributed by atoms with Gasteiger partial charge in [-0.15, -0.1) is 0 Å². The molecule has 0 spiro atoms. The molecule has 0 bridgehead atoms. The molecule has 0 aliphatic carbocycles. The number of amides is 2. The number of hydrogen-bond donors (Lipinski definition) is 2. The molecule has 120 valence electrons. The summed E-state index contributed by atoms with van der Waals surface area (Å²) in [7, 11) is 0. The quantitative estimate of drug-likeness (QED) is 0.858. The van der Waals surface area contributed by atoms with E-state index in [4.69, 9.17) is 4.74 Å². The molecule has 2 rings (SSSR count). The van der Waals surface area contributed by atoms with Gasteiger partial charge in [-0.2, -0.15) is 0 Å². The molecule has 1 aliphatic rings. The minimum atomic E-state index is -0.525. The number of hydrogen-bond acceptors (Lipinski definition) is 4. The molecule has 7 heteroatoms. The van der Waals surface area contributed by atoms with E-state index in [1.807, 2.05) is 26.8 Å². The standard InChI is InChI=1S/C15H20BrN3O3/c1-15(2,3)22-14(21)17-5-4-9-6-10-7-11(16)8-18-12(10)19-13(9)20/h7-9H,4-6H2,1-3H3,(H,17,21)(H,18,19,20). The molecular weight excluding hydrogens is 350 g/mol. The molecule has 1 aromatic heterocycles. The Balaban J connectivity index is 1.86. The van der Waals surface area contributed by atoms with Crippen molar-refractivity contribution >= 4 is 33.7 Å². The molecule has 2 heterocycles. The van der Waals surface area contributed by atoms with Crippen LogP contribution in [0.3, 0.4) is 0 Å². The lowest BCUT2D eigenvalue weighted by Crippen LogP contribution is -2.36. The Bertz CT molecular complexity index is 584. The molecule has 0 fully saturated rings. The molecule has 0 aromatic carbocycles. The number of rotatable bonds is 3. The molecule has 2 amide bonds. The summed E-state index contributed by atoms with van der Waals surface area (Å²) < 4.78 is 6.04. The van der Waals surface area contributed by atoms with Gasteiger partial charge < -0.3 is 15.4 Å². The lowest BCUT2D eigenvalue weighted by Gasteiger charge is -2.24. The van der Waals surface area contributed by atoms with Gasteiger partial charge in [-0.3, -0.25) is 4.79 Å². The van der Waals surface area contributed by atoms with Crippen molar-refractivity contribution in [1.29, 1.82) is 0 Å². The fourth-order valence-corrected chi connectivity index (χ4v) is 2.60. The first-order valence-electron chi connectivity index (χ1n) is 7.17. The molecular formula is C15H20BrN3O3. The van der Waals surface area contributed by atoms with Crippen LogP contribution in [0.15, 0.2) is 16.7 Å². The maximum Gasteiger partial charge on any atom is 0.407 e. The molecule has 6 nitrogen and oxygen atoms in total. The van der Waals surface area contributed by atoms with Crippen molar-refractivity contribution in [1.82, 2.24) is 10.3 Å². The highest BCUT2D eigenvalue weighted by atomic mass is 79.9. The normalized spacial score (nSPS) is 17.5. The summed E-state index contributed by atoms with van der Waals surface area (Å²) >= 11 is 3.38. The fourth-order valence-electron chi connectivity index (χ4n) is 2.22. The van der Waals surface area contributed by atoms with E-state index in [2.05, 4.69) is 31.5 Å². The van der Waals surface area contributed by atoms with Crippen molar-refractivity contribution in [3.8, 4) is 0 Å². The number of nitrogens with zero attached hydrogens (tertiary/aromatic N) is 1. The van der Waals surface area contributed by atoms with Crippen LogP contribution in [-0.2, 0) is 16.0 Å². The summed E-state index contributed by atoms with van der Waals surface area (Å²) in [6.45, 7) is 5.82. The number of alkyl carbamates (subject to hydrolysis) is 1. The molecule has 22 heavy (non-hydrogen) atoms. The van der Waals surface area contributed by atoms with Gasteiger partial charge in [0.25, 0.3) is 0 Å². The lowest BCUT2D eigenvalue weighted by atomic mass is 9.92. The van der Waals surface area contributed by atoms with E-state index in [1.165, 1.54) is 0 Å². The first-order chi connectivity index (χ1) is 10.2. The average molecular weight is 370 g/mol. The summed E-state index contributed by atoms with van der Waals surface area (Å²) in [5, 5.41) is 5.48. The molecule has 0 radical (unpaired) electrons. The molecule has 2 N–H and O–H groups in total. The molecule has 1 atom stereocenters. The number of carbonyl (C=O) groups is 2. The second kappa shape index (κ2) is 6.64. The number of carbonyl (C=O) groups excluding carboxylic acids is 2. The van der Waals surface area contributed by atoms with Crippen molar-refractivity contribution in [3.05, 3.63) is 22.3 Å². The van der Waals surface area contributed by atoms with E-state index >= 15 is 0 Å². The Morgan fingerprint density at radius 2 is 2.27 bits per heavy atom. The smallest absolute Gasteiger partial charge is 0.407 e. The minimum Gasteiger partial charge on any atom is -0.444 e. The SMILES string of the molecule is CC(C)(C)OC(=O)NCCC1Cc2cc(Br)cnc2NC1=O. The molecule has 0 saturated carbocycles. The van der Waals surface area contributed by atoms with Crippen LogP contribution < -0.4 is 10.6 Å². The number of anilines is 1. The fraction of sp³-hybridized carbons (Fsp3) is 0.533. The van der Waals surface area contributed by atoms with Crippen molar-refractivity contribution < 1.29 is 14.3 Å². The Morgan fingerprint density at radius 3 is 2.95 bits per heavy atom. The number of halogens is 1. The Hall–Kier alpha value is -1.63. The summed E-state index contributed by atoms with van der Waals surface area (Å²) in [6, 6.07) is 1.95. The van der Waals surface area contributed by atoms with Crippen LogP contribution in [-0.4, -0.2) is 29.1 Å². The van der Waals surface area contributed by atoms with Gasteiger partial charge in [0.2, 0.25) is 5.91 Å². The predicted molar refractivity (Wildman–Crippen MR) is 86.6 cm³/mol. The summed E-state index contributed by atoms with van der Waals surface area (Å²) in [4.78, 5) is 27.8. The van der Waals surface area contributed by atoms with Crippen molar-refractivity contribution in [2.75, 3.05) is 11.9 Å². The lowest BCUT2D eigenvalue weighted by molar-refractivity contribution is -0.120. The molecule has 0 saturated heterocycles. The highest BCUT2D eigenvalue weighted by Gasteiger charge is 2.27. The number of fused-ring (bicyclic) bond motifs is 1. The van der Waals surface area contributed by atoms with Crippen LogP contribution in [0.4, 0.5) is 10.6 Å². The van der Waals surface area contributed by atoms with E-state index in [0.717, 1.165) is 10.0 Å². The molecule has 1 unspecified atom stereocenters. The van der Waals surface area contributed by atoms with Crippen LogP contribution in [0.25, 0.3) is 0 Å². The van der Waals surface area contributed by atoms with Crippen LogP contribution in [0, 0.1) is 5.92 Å². The summed E-state index contributed by atoms with van der Waals surface area (Å²) in [5.41, 5.74) is 0.472. The second-order valence-corrected chi connectivity index (χ2v) is 7.18. The van der Waals surface area contributed by atoms with E-state index in [1.54, 1.807) is 6.20 Å². The maximum atomic E-state index is 12.0. The zero-order valence-electron chi connectivity index (χ0n) is 12.9. The van der Waals surface area contributed by atoms with Crippen molar-refractivity contribution in [2.24, 2.45) is 5.92 Å². The predicted octanol–water partition coefficient (Wildman–Crippen LogP) is 2.87. The number of nitrogens with one attached hydrogen (secondary N) is 2. The first-order valence-corrected chi connectivity index (χ1v) is 7.96. The van der Waals surface area contributed by atoms with Crippen molar-refractivity contribution in [3.63, 3.8) is 0 Å². The van der Waals surface area contributed by atoms with Gasteiger partial charge in [-0.25, -0.2) is 9.78 Å². The number of ether oxygens (including phenoxy) is 1.